The summed E-state index contributed by atoms with van der Waals surface area (Å²) >= 11 is 13.0. The van der Waals surface area contributed by atoms with E-state index in [9.17, 15) is 9.18 Å². The minimum atomic E-state index is -0.557. The number of nitrogens with one attached hydrogen (secondary N) is 2. The SMILES string of the molecule is C=CC(=O)Nc1cccc(F)c1Nc1cc2cnc(-c3c(Cl)c(OC)cc(OC)c3Cl)cc2cn1. The van der Waals surface area contributed by atoms with Crippen LogP contribution in [0, 0.1) is 5.82 Å². The van der Waals surface area contributed by atoms with Crippen molar-refractivity contribution in [2.24, 2.45) is 0 Å². The van der Waals surface area contributed by atoms with Gasteiger partial charge in [0.1, 0.15) is 23.1 Å². The Labute approximate surface area is 210 Å². The average Bonchev–Trinajstić information content (AvgIpc) is 2.86. The van der Waals surface area contributed by atoms with E-state index in [-0.39, 0.29) is 11.4 Å². The van der Waals surface area contributed by atoms with Gasteiger partial charge in [-0.3, -0.25) is 9.78 Å². The molecule has 0 fully saturated rings. The lowest BCUT2D eigenvalue weighted by molar-refractivity contribution is -0.111. The smallest absolute Gasteiger partial charge is 0.247 e. The van der Waals surface area contributed by atoms with Gasteiger partial charge >= 0.3 is 0 Å². The number of methoxy groups -OCH3 is 2. The van der Waals surface area contributed by atoms with Crippen molar-refractivity contribution in [2.75, 3.05) is 24.9 Å². The van der Waals surface area contributed by atoms with Crippen LogP contribution in [0.2, 0.25) is 10.0 Å². The molecule has 4 rings (SSSR count). The summed E-state index contributed by atoms with van der Waals surface area (Å²) in [7, 11) is 2.99. The number of pyridine rings is 2. The fourth-order valence-corrected chi connectivity index (χ4v) is 4.11. The van der Waals surface area contributed by atoms with Gasteiger partial charge in [-0.05, 0) is 30.3 Å². The molecule has 0 unspecified atom stereocenters. The Morgan fingerprint density at radius 3 is 2.34 bits per heavy atom. The van der Waals surface area contributed by atoms with Crippen molar-refractivity contribution in [1.29, 1.82) is 0 Å². The number of rotatable bonds is 7. The molecule has 0 radical (unpaired) electrons. The van der Waals surface area contributed by atoms with Crippen molar-refractivity contribution in [2.45, 2.75) is 0 Å². The number of benzene rings is 2. The molecule has 2 aromatic carbocycles. The van der Waals surface area contributed by atoms with E-state index in [1.54, 1.807) is 36.7 Å². The van der Waals surface area contributed by atoms with Crippen LogP contribution in [-0.2, 0) is 4.79 Å². The molecule has 4 aromatic rings. The molecule has 2 aromatic heterocycles. The minimum Gasteiger partial charge on any atom is -0.495 e. The number of hydrogen-bond acceptors (Lipinski definition) is 6. The van der Waals surface area contributed by atoms with Gasteiger partial charge in [0.05, 0.1) is 41.3 Å². The van der Waals surface area contributed by atoms with Gasteiger partial charge in [-0.1, -0.05) is 35.8 Å². The Morgan fingerprint density at radius 1 is 1.03 bits per heavy atom. The number of amides is 1. The quantitative estimate of drug-likeness (QED) is 0.270. The van der Waals surface area contributed by atoms with Crippen molar-refractivity contribution in [3.8, 4) is 22.8 Å². The van der Waals surface area contributed by atoms with Crippen LogP contribution < -0.4 is 20.1 Å². The summed E-state index contributed by atoms with van der Waals surface area (Å²) < 4.78 is 25.2. The molecule has 0 aliphatic rings. The van der Waals surface area contributed by atoms with E-state index in [4.69, 9.17) is 32.7 Å². The number of aromatic nitrogens is 2. The Kier molecular flexibility index (Phi) is 7.04. The van der Waals surface area contributed by atoms with Crippen LogP contribution in [0.5, 0.6) is 11.5 Å². The standard InChI is InChI=1S/C25H19Cl2FN4O3/c1-4-21(33)31-16-7-5-6-15(28)25(16)32-20-9-14-11-29-17(8-13(14)12-30-20)22-23(26)18(34-2)10-19(35-3)24(22)27/h4-12H,1H2,2-3H3,(H,30,32)(H,31,33). The van der Waals surface area contributed by atoms with Crippen LogP contribution in [-0.4, -0.2) is 30.1 Å². The highest BCUT2D eigenvalue weighted by atomic mass is 35.5. The van der Waals surface area contributed by atoms with Gasteiger partial charge in [-0.25, -0.2) is 9.37 Å². The van der Waals surface area contributed by atoms with Crippen LogP contribution in [0.25, 0.3) is 22.0 Å². The fourth-order valence-electron chi connectivity index (χ4n) is 3.42. The summed E-state index contributed by atoms with van der Waals surface area (Å²) in [5.74, 6) is 0.121. The summed E-state index contributed by atoms with van der Waals surface area (Å²) in [6, 6.07) is 9.41. The van der Waals surface area contributed by atoms with E-state index < -0.39 is 11.7 Å². The first-order chi connectivity index (χ1) is 16.9. The zero-order chi connectivity index (χ0) is 25.1. The topological polar surface area (TPSA) is 85.4 Å². The lowest BCUT2D eigenvalue weighted by Crippen LogP contribution is -2.10. The molecule has 10 heteroatoms. The molecule has 178 valence electrons. The Bertz CT molecular complexity index is 1430. The first-order valence-corrected chi connectivity index (χ1v) is 11.0. The van der Waals surface area contributed by atoms with Crippen molar-refractivity contribution < 1.29 is 18.7 Å². The molecule has 0 aliphatic heterocycles. The highest BCUT2D eigenvalue weighted by molar-refractivity contribution is 6.41. The Morgan fingerprint density at radius 2 is 1.69 bits per heavy atom. The van der Waals surface area contributed by atoms with Gasteiger partial charge in [-0.15, -0.1) is 0 Å². The molecule has 35 heavy (non-hydrogen) atoms. The van der Waals surface area contributed by atoms with Crippen LogP contribution in [0.15, 0.2) is 61.4 Å². The van der Waals surface area contributed by atoms with Crippen molar-refractivity contribution >= 4 is 57.1 Å². The lowest BCUT2D eigenvalue weighted by Gasteiger charge is -2.15. The second-order valence-electron chi connectivity index (χ2n) is 7.25. The summed E-state index contributed by atoms with van der Waals surface area (Å²) in [4.78, 5) is 20.6. The van der Waals surface area contributed by atoms with E-state index in [1.807, 2.05) is 0 Å². The number of hydrogen-bond donors (Lipinski definition) is 2. The zero-order valence-electron chi connectivity index (χ0n) is 18.7. The molecule has 0 aliphatic carbocycles. The molecule has 7 nitrogen and oxygen atoms in total. The van der Waals surface area contributed by atoms with E-state index in [1.165, 1.54) is 26.4 Å². The molecule has 0 atom stereocenters. The van der Waals surface area contributed by atoms with Crippen LogP contribution in [0.3, 0.4) is 0 Å². The maximum Gasteiger partial charge on any atom is 0.247 e. The number of para-hydroxylation sites is 1. The maximum absolute atomic E-state index is 14.5. The molecule has 2 heterocycles. The Hall–Kier alpha value is -3.88. The van der Waals surface area contributed by atoms with Crippen LogP contribution >= 0.6 is 23.2 Å². The highest BCUT2D eigenvalue weighted by Crippen LogP contribution is 2.45. The largest absolute Gasteiger partial charge is 0.495 e. The summed E-state index contributed by atoms with van der Waals surface area (Å²) in [5, 5.41) is 7.54. The van der Waals surface area contributed by atoms with Gasteiger partial charge < -0.3 is 20.1 Å². The molecule has 0 saturated heterocycles. The summed E-state index contributed by atoms with van der Waals surface area (Å²) in [6.07, 6.45) is 4.32. The number of carbonyl (C=O) groups excluding carboxylic acids is 1. The summed E-state index contributed by atoms with van der Waals surface area (Å²) in [6.45, 7) is 3.41. The second kappa shape index (κ2) is 10.2. The number of ether oxygens (including phenoxy) is 2. The fraction of sp³-hybridized carbons (Fsp3) is 0.0800. The molecule has 0 bridgehead atoms. The van der Waals surface area contributed by atoms with E-state index in [0.29, 0.717) is 38.6 Å². The zero-order valence-corrected chi connectivity index (χ0v) is 20.2. The molecule has 1 amide bonds. The molecular weight excluding hydrogens is 494 g/mol. The first-order valence-electron chi connectivity index (χ1n) is 10.2. The average molecular weight is 513 g/mol. The normalized spacial score (nSPS) is 10.7. The third-order valence-electron chi connectivity index (χ3n) is 5.14. The van der Waals surface area contributed by atoms with Gasteiger partial charge in [0.25, 0.3) is 0 Å². The second-order valence-corrected chi connectivity index (χ2v) is 8.01. The lowest BCUT2D eigenvalue weighted by atomic mass is 10.1. The van der Waals surface area contributed by atoms with Crippen LogP contribution in [0.1, 0.15) is 0 Å². The van der Waals surface area contributed by atoms with E-state index in [0.717, 1.165) is 16.8 Å². The van der Waals surface area contributed by atoms with Crippen LogP contribution in [0.4, 0.5) is 21.6 Å². The number of nitrogens with zero attached hydrogens (tertiary/aromatic N) is 2. The van der Waals surface area contributed by atoms with Gasteiger partial charge in [0.2, 0.25) is 5.91 Å². The maximum atomic E-state index is 14.5. The molecule has 0 saturated carbocycles. The molecule has 0 spiro atoms. The van der Waals surface area contributed by atoms with Gasteiger partial charge in [0, 0.05) is 34.8 Å². The first kappa shape index (κ1) is 24.3. The van der Waals surface area contributed by atoms with Gasteiger partial charge in [0.15, 0.2) is 0 Å². The Balaban J connectivity index is 1.72. The predicted octanol–water partition coefficient (Wildman–Crippen LogP) is 6.63. The monoisotopic (exact) mass is 512 g/mol. The predicted molar refractivity (Wildman–Crippen MR) is 137 cm³/mol. The highest BCUT2D eigenvalue weighted by Gasteiger charge is 2.20. The van der Waals surface area contributed by atoms with Gasteiger partial charge in [-0.2, -0.15) is 0 Å². The third kappa shape index (κ3) is 4.84. The number of anilines is 3. The number of fused-ring (bicyclic) bond motifs is 1. The minimum absolute atomic E-state index is 0.0705. The van der Waals surface area contributed by atoms with E-state index >= 15 is 0 Å². The van der Waals surface area contributed by atoms with Crippen molar-refractivity contribution in [1.82, 2.24) is 9.97 Å². The van der Waals surface area contributed by atoms with Crippen molar-refractivity contribution in [3.05, 3.63) is 77.3 Å². The van der Waals surface area contributed by atoms with E-state index in [2.05, 4.69) is 27.2 Å². The number of carbonyl (C=O) groups is 1. The third-order valence-corrected chi connectivity index (χ3v) is 5.89. The van der Waals surface area contributed by atoms with Crippen molar-refractivity contribution in [3.63, 3.8) is 0 Å². The molecule has 2 N–H and O–H groups in total. The summed E-state index contributed by atoms with van der Waals surface area (Å²) in [5.41, 5.74) is 1.28. The molecular formula is C25H19Cl2FN4O3. The number of halogens is 3.